The molecule has 0 spiro atoms. The van der Waals surface area contributed by atoms with Gasteiger partial charge in [-0.15, -0.1) is 0 Å². The minimum Gasteiger partial charge on any atom is -0.484 e. The van der Waals surface area contributed by atoms with Crippen LogP contribution >= 0.6 is 46.4 Å². The standard InChI is InChI=1S/C22H14Cl4FN3O3/c23-14-3-1-5-17(27)13(14)9-30-10-16(25)21(29-30)28-22(31)19-8-7-12(33-19)11-32-18-6-2-4-15(24)20(18)26/h1-8,10H,9,11H2,(H,28,29,31). The van der Waals surface area contributed by atoms with E-state index in [0.29, 0.717) is 16.5 Å². The van der Waals surface area contributed by atoms with Crippen molar-refractivity contribution in [2.75, 3.05) is 5.32 Å². The van der Waals surface area contributed by atoms with E-state index in [1.807, 2.05) is 0 Å². The van der Waals surface area contributed by atoms with Crippen molar-refractivity contribution in [2.24, 2.45) is 0 Å². The van der Waals surface area contributed by atoms with Crippen molar-refractivity contribution in [1.29, 1.82) is 0 Å². The topological polar surface area (TPSA) is 69.3 Å². The third-order valence-corrected chi connectivity index (χ3v) is 5.93. The second kappa shape index (κ2) is 10.1. The molecule has 2 aromatic heterocycles. The maximum atomic E-state index is 14.0. The van der Waals surface area contributed by atoms with Crippen LogP contribution < -0.4 is 10.1 Å². The molecule has 0 aliphatic heterocycles. The van der Waals surface area contributed by atoms with E-state index in [2.05, 4.69) is 10.4 Å². The fourth-order valence-electron chi connectivity index (χ4n) is 2.90. The molecule has 6 nitrogen and oxygen atoms in total. The lowest BCUT2D eigenvalue weighted by Crippen LogP contribution is -2.12. The second-order valence-electron chi connectivity index (χ2n) is 6.78. The van der Waals surface area contributed by atoms with Gasteiger partial charge < -0.3 is 14.5 Å². The molecule has 2 heterocycles. The molecule has 4 aromatic rings. The highest BCUT2D eigenvalue weighted by Crippen LogP contribution is 2.32. The summed E-state index contributed by atoms with van der Waals surface area (Å²) in [7, 11) is 0. The number of hydrogen-bond donors (Lipinski definition) is 1. The first-order valence-electron chi connectivity index (χ1n) is 9.44. The molecule has 170 valence electrons. The monoisotopic (exact) mass is 527 g/mol. The number of rotatable bonds is 7. The molecule has 0 bridgehead atoms. The van der Waals surface area contributed by atoms with Gasteiger partial charge in [0.1, 0.15) is 34.0 Å². The SMILES string of the molecule is O=C(Nc1nn(Cc2c(F)cccc2Cl)cc1Cl)c1ccc(COc2cccc(Cl)c2Cl)o1. The van der Waals surface area contributed by atoms with Gasteiger partial charge in [-0.1, -0.05) is 58.5 Å². The van der Waals surface area contributed by atoms with Gasteiger partial charge in [-0.05, 0) is 36.4 Å². The average Bonchev–Trinajstić information content (AvgIpc) is 3.39. The molecular weight excluding hydrogens is 515 g/mol. The maximum absolute atomic E-state index is 14.0. The Hall–Kier alpha value is -2.71. The van der Waals surface area contributed by atoms with E-state index in [1.165, 1.54) is 29.1 Å². The summed E-state index contributed by atoms with van der Waals surface area (Å²) in [5, 5.41) is 7.83. The number of hydrogen-bond acceptors (Lipinski definition) is 4. The zero-order valence-corrected chi connectivity index (χ0v) is 19.6. The van der Waals surface area contributed by atoms with Crippen LogP contribution in [0, 0.1) is 5.82 Å². The lowest BCUT2D eigenvalue weighted by molar-refractivity contribution is 0.0992. The van der Waals surface area contributed by atoms with E-state index in [4.69, 9.17) is 55.6 Å². The molecule has 0 atom stereocenters. The van der Waals surface area contributed by atoms with Gasteiger partial charge in [0.15, 0.2) is 11.6 Å². The van der Waals surface area contributed by atoms with Crippen LogP contribution in [0.1, 0.15) is 21.9 Å². The third-order valence-electron chi connectivity index (χ3n) is 4.50. The van der Waals surface area contributed by atoms with E-state index < -0.39 is 11.7 Å². The predicted octanol–water partition coefficient (Wildman–Crippen LogP) is 7.11. The zero-order valence-electron chi connectivity index (χ0n) is 16.6. The van der Waals surface area contributed by atoms with Crippen LogP contribution in [0.15, 0.2) is 59.1 Å². The molecule has 1 amide bonds. The van der Waals surface area contributed by atoms with Gasteiger partial charge in [-0.2, -0.15) is 5.10 Å². The molecule has 0 saturated carbocycles. The Morgan fingerprint density at radius 1 is 1.03 bits per heavy atom. The summed E-state index contributed by atoms with van der Waals surface area (Å²) in [5.41, 5.74) is 0.256. The van der Waals surface area contributed by atoms with E-state index in [1.54, 1.807) is 30.3 Å². The minimum atomic E-state index is -0.571. The van der Waals surface area contributed by atoms with Crippen molar-refractivity contribution in [3.63, 3.8) is 0 Å². The number of anilines is 1. The number of furan rings is 1. The van der Waals surface area contributed by atoms with Crippen molar-refractivity contribution in [1.82, 2.24) is 9.78 Å². The van der Waals surface area contributed by atoms with Crippen molar-refractivity contribution in [3.8, 4) is 5.75 Å². The fourth-order valence-corrected chi connectivity index (χ4v) is 3.67. The Kier molecular flexibility index (Phi) is 7.14. The van der Waals surface area contributed by atoms with Gasteiger partial charge in [0.2, 0.25) is 0 Å². The molecule has 11 heteroatoms. The number of amides is 1. The maximum Gasteiger partial charge on any atom is 0.292 e. The largest absolute Gasteiger partial charge is 0.484 e. The van der Waals surface area contributed by atoms with Crippen LogP contribution in [-0.4, -0.2) is 15.7 Å². The number of aromatic nitrogens is 2. The summed E-state index contributed by atoms with van der Waals surface area (Å²) >= 11 is 24.3. The normalized spacial score (nSPS) is 10.9. The molecule has 33 heavy (non-hydrogen) atoms. The number of carbonyl (C=O) groups excluding carboxylic acids is 1. The predicted molar refractivity (Wildman–Crippen MR) is 125 cm³/mol. The number of carbonyl (C=O) groups is 1. The molecule has 0 radical (unpaired) electrons. The quantitative estimate of drug-likeness (QED) is 0.277. The molecule has 0 aliphatic rings. The smallest absolute Gasteiger partial charge is 0.292 e. The fraction of sp³-hybridized carbons (Fsp3) is 0.0909. The molecule has 1 N–H and O–H groups in total. The van der Waals surface area contributed by atoms with E-state index in [9.17, 15) is 9.18 Å². The van der Waals surface area contributed by atoms with E-state index >= 15 is 0 Å². The number of nitrogens with zero attached hydrogens (tertiary/aromatic N) is 2. The van der Waals surface area contributed by atoms with Gasteiger partial charge in [0, 0.05) is 16.8 Å². The Morgan fingerprint density at radius 3 is 2.58 bits per heavy atom. The van der Waals surface area contributed by atoms with Crippen molar-refractivity contribution >= 4 is 58.1 Å². The Labute approximate surface area is 207 Å². The van der Waals surface area contributed by atoms with Gasteiger partial charge in [-0.25, -0.2) is 4.39 Å². The lowest BCUT2D eigenvalue weighted by Gasteiger charge is -2.07. The molecule has 0 fully saturated rings. The molecule has 0 saturated heterocycles. The highest BCUT2D eigenvalue weighted by Gasteiger charge is 2.17. The van der Waals surface area contributed by atoms with Gasteiger partial charge >= 0.3 is 0 Å². The number of benzene rings is 2. The molecule has 0 unspecified atom stereocenters. The van der Waals surface area contributed by atoms with E-state index in [0.717, 1.165) is 0 Å². The lowest BCUT2D eigenvalue weighted by atomic mass is 10.2. The minimum absolute atomic E-state index is 0.0218. The Morgan fingerprint density at radius 2 is 1.79 bits per heavy atom. The summed E-state index contributed by atoms with van der Waals surface area (Å²) in [5.74, 6) is -0.148. The van der Waals surface area contributed by atoms with Gasteiger partial charge in [-0.3, -0.25) is 9.48 Å². The molecule has 4 rings (SSSR count). The van der Waals surface area contributed by atoms with Crippen LogP contribution in [-0.2, 0) is 13.2 Å². The first-order valence-corrected chi connectivity index (χ1v) is 11.0. The number of halogens is 5. The Bertz CT molecular complexity index is 1300. The second-order valence-corrected chi connectivity index (χ2v) is 8.38. The first kappa shape index (κ1) is 23.4. The van der Waals surface area contributed by atoms with Crippen LogP contribution in [0.4, 0.5) is 10.2 Å². The van der Waals surface area contributed by atoms with Gasteiger partial charge in [0.25, 0.3) is 5.91 Å². The molecular formula is C22H14Cl4FN3O3. The highest BCUT2D eigenvalue weighted by molar-refractivity contribution is 6.42. The van der Waals surface area contributed by atoms with Crippen LogP contribution in [0.3, 0.4) is 0 Å². The zero-order chi connectivity index (χ0) is 23.5. The summed E-state index contributed by atoms with van der Waals surface area (Å²) in [6.45, 7) is 0.0710. The third kappa shape index (κ3) is 5.45. The van der Waals surface area contributed by atoms with Crippen LogP contribution in [0.5, 0.6) is 5.75 Å². The van der Waals surface area contributed by atoms with Gasteiger partial charge in [0.05, 0.1) is 11.6 Å². The molecule has 0 aliphatic carbocycles. The highest BCUT2D eigenvalue weighted by atomic mass is 35.5. The summed E-state index contributed by atoms with van der Waals surface area (Å²) in [4.78, 5) is 12.6. The average molecular weight is 529 g/mol. The summed E-state index contributed by atoms with van der Waals surface area (Å²) in [6.07, 6.45) is 1.45. The number of ether oxygens (including phenoxy) is 1. The van der Waals surface area contributed by atoms with Crippen molar-refractivity contribution < 1.29 is 18.3 Å². The first-order chi connectivity index (χ1) is 15.8. The molecule has 2 aromatic carbocycles. The number of nitrogens with one attached hydrogen (secondary N) is 1. The van der Waals surface area contributed by atoms with Crippen LogP contribution in [0.25, 0.3) is 0 Å². The van der Waals surface area contributed by atoms with Crippen molar-refractivity contribution in [3.05, 3.63) is 97.7 Å². The summed E-state index contributed by atoms with van der Waals surface area (Å²) in [6, 6.07) is 12.5. The van der Waals surface area contributed by atoms with E-state index in [-0.39, 0.29) is 45.4 Å². The van der Waals surface area contributed by atoms with Crippen LogP contribution in [0.2, 0.25) is 20.1 Å². The summed E-state index contributed by atoms with van der Waals surface area (Å²) < 4.78 is 26.5. The van der Waals surface area contributed by atoms with Crippen molar-refractivity contribution in [2.45, 2.75) is 13.2 Å². The Balaban J connectivity index is 1.41.